The lowest BCUT2D eigenvalue weighted by Crippen LogP contribution is -2.60. The molecule has 0 spiro atoms. The second kappa shape index (κ2) is 9.76. The zero-order chi connectivity index (χ0) is 18.2. The molecule has 0 bridgehead atoms. The lowest BCUT2D eigenvalue weighted by molar-refractivity contribution is -0.259. The van der Waals surface area contributed by atoms with Crippen LogP contribution in [0, 0.1) is 0 Å². The highest BCUT2D eigenvalue weighted by molar-refractivity contribution is 5.69. The van der Waals surface area contributed by atoms with E-state index in [1.165, 1.54) is 43.6 Å². The maximum atomic E-state index is 12.1. The van der Waals surface area contributed by atoms with E-state index in [0.29, 0.717) is 19.3 Å². The van der Waals surface area contributed by atoms with Gasteiger partial charge in [0.1, 0.15) is 6.10 Å². The normalized spacial score (nSPS) is 20.9. The third kappa shape index (κ3) is 7.10. The minimum atomic E-state index is -0.370. The Hall–Kier alpha value is -0.610. The Labute approximate surface area is 148 Å². The van der Waals surface area contributed by atoms with Crippen LogP contribution >= 0.6 is 0 Å². The van der Waals surface area contributed by atoms with Gasteiger partial charge in [0, 0.05) is 30.3 Å². The molecule has 1 N–H and O–H groups in total. The van der Waals surface area contributed by atoms with E-state index in [9.17, 15) is 10.0 Å². The van der Waals surface area contributed by atoms with Crippen molar-refractivity contribution >= 4 is 5.97 Å². The number of hydrogen-bond acceptors (Lipinski definition) is 4. The third-order valence-electron chi connectivity index (χ3n) is 5.13. The molecule has 0 aromatic heterocycles. The second-order valence-corrected chi connectivity index (χ2v) is 8.68. The molecule has 0 saturated carbocycles. The van der Waals surface area contributed by atoms with Crippen molar-refractivity contribution in [3.8, 4) is 0 Å². The van der Waals surface area contributed by atoms with Crippen molar-refractivity contribution in [3.63, 3.8) is 0 Å². The molecular weight excluding hydrogens is 302 g/mol. The molecule has 1 aliphatic heterocycles. The van der Waals surface area contributed by atoms with E-state index in [4.69, 9.17) is 4.74 Å². The highest BCUT2D eigenvalue weighted by atomic mass is 16.5. The Morgan fingerprint density at radius 2 is 1.42 bits per heavy atom. The summed E-state index contributed by atoms with van der Waals surface area (Å²) >= 11 is 0. The zero-order valence-corrected chi connectivity index (χ0v) is 16.6. The molecule has 0 radical (unpaired) electrons. The van der Waals surface area contributed by atoms with E-state index in [-0.39, 0.29) is 23.2 Å². The number of carbonyl (C=O) groups excluding carboxylic acids is 1. The molecule has 142 valence electrons. The summed E-state index contributed by atoms with van der Waals surface area (Å²) in [5.74, 6) is -0.0797. The van der Waals surface area contributed by atoms with Crippen molar-refractivity contribution in [1.82, 2.24) is 5.06 Å². The minimum absolute atomic E-state index is 0.0797. The van der Waals surface area contributed by atoms with Crippen LogP contribution in [0.15, 0.2) is 0 Å². The summed E-state index contributed by atoms with van der Waals surface area (Å²) in [4.78, 5) is 12.1. The first-order valence-electron chi connectivity index (χ1n) is 9.88. The van der Waals surface area contributed by atoms with Gasteiger partial charge in [-0.2, -0.15) is 5.06 Å². The van der Waals surface area contributed by atoms with Gasteiger partial charge >= 0.3 is 5.97 Å². The van der Waals surface area contributed by atoms with Crippen molar-refractivity contribution < 1.29 is 14.7 Å². The molecule has 4 heteroatoms. The van der Waals surface area contributed by atoms with Crippen LogP contribution in [0.2, 0.25) is 0 Å². The maximum Gasteiger partial charge on any atom is 0.306 e. The number of ether oxygens (including phenoxy) is 1. The first kappa shape index (κ1) is 21.4. The average Bonchev–Trinajstić information content (AvgIpc) is 2.47. The summed E-state index contributed by atoms with van der Waals surface area (Å²) < 4.78 is 5.69. The van der Waals surface area contributed by atoms with E-state index in [1.54, 1.807) is 0 Å². The number of carbonyl (C=O) groups is 1. The molecule has 24 heavy (non-hydrogen) atoms. The summed E-state index contributed by atoms with van der Waals surface area (Å²) in [5, 5.41) is 11.7. The van der Waals surface area contributed by atoms with Crippen LogP contribution in [-0.2, 0) is 9.53 Å². The van der Waals surface area contributed by atoms with E-state index in [2.05, 4.69) is 6.92 Å². The molecule has 1 heterocycles. The fraction of sp³-hybridized carbons (Fsp3) is 0.950. The largest absolute Gasteiger partial charge is 0.462 e. The van der Waals surface area contributed by atoms with Gasteiger partial charge in [0.05, 0.1) is 0 Å². The van der Waals surface area contributed by atoms with Gasteiger partial charge in [-0.15, -0.1) is 0 Å². The van der Waals surface area contributed by atoms with Gasteiger partial charge in [0.25, 0.3) is 0 Å². The minimum Gasteiger partial charge on any atom is -0.462 e. The Morgan fingerprint density at radius 3 is 1.92 bits per heavy atom. The number of hydroxylamine groups is 2. The second-order valence-electron chi connectivity index (χ2n) is 8.68. The topological polar surface area (TPSA) is 49.8 Å². The molecule has 0 atom stereocenters. The number of esters is 1. The molecule has 1 saturated heterocycles. The predicted molar refractivity (Wildman–Crippen MR) is 98.1 cm³/mol. The number of hydrogen-bond donors (Lipinski definition) is 1. The van der Waals surface area contributed by atoms with Crippen LogP contribution in [0.5, 0.6) is 0 Å². The monoisotopic (exact) mass is 341 g/mol. The first-order chi connectivity index (χ1) is 11.2. The molecule has 0 amide bonds. The van der Waals surface area contributed by atoms with Gasteiger partial charge in [-0.05, 0) is 34.1 Å². The van der Waals surface area contributed by atoms with Crippen LogP contribution < -0.4 is 0 Å². The highest BCUT2D eigenvalue weighted by Gasteiger charge is 2.46. The molecule has 4 nitrogen and oxygen atoms in total. The summed E-state index contributed by atoms with van der Waals surface area (Å²) in [6, 6.07) is 0. The van der Waals surface area contributed by atoms with Crippen molar-refractivity contribution in [2.24, 2.45) is 0 Å². The molecule has 0 aromatic rings. The van der Waals surface area contributed by atoms with E-state index >= 15 is 0 Å². The molecule has 0 unspecified atom stereocenters. The lowest BCUT2D eigenvalue weighted by atomic mass is 9.80. The molecule has 0 aromatic carbocycles. The molecule has 1 fully saturated rings. The number of nitrogens with zero attached hydrogens (tertiary/aromatic N) is 1. The summed E-state index contributed by atoms with van der Waals surface area (Å²) in [7, 11) is 0. The highest BCUT2D eigenvalue weighted by Crippen LogP contribution is 2.38. The van der Waals surface area contributed by atoms with Crippen LogP contribution in [0.4, 0.5) is 0 Å². The first-order valence-corrected chi connectivity index (χ1v) is 9.88. The Balaban J connectivity index is 2.21. The average molecular weight is 342 g/mol. The van der Waals surface area contributed by atoms with Crippen molar-refractivity contribution in [2.45, 2.75) is 122 Å². The standard InChI is InChI=1S/C20H39NO3/c1-6-7-8-9-10-11-12-13-14-18(22)24-17-15-19(2,3)21(23)20(4,5)16-17/h17,23H,6-16H2,1-5H3. The van der Waals surface area contributed by atoms with E-state index in [0.717, 1.165) is 12.8 Å². The van der Waals surface area contributed by atoms with E-state index in [1.807, 2.05) is 27.7 Å². The fourth-order valence-electron chi connectivity index (χ4n) is 3.91. The molecule has 1 rings (SSSR count). The number of unbranched alkanes of at least 4 members (excludes halogenated alkanes) is 7. The van der Waals surface area contributed by atoms with Crippen LogP contribution in [0.3, 0.4) is 0 Å². The zero-order valence-electron chi connectivity index (χ0n) is 16.6. The summed E-state index contributed by atoms with van der Waals surface area (Å²) in [5.41, 5.74) is -0.740. The summed E-state index contributed by atoms with van der Waals surface area (Å²) in [6.07, 6.45) is 11.6. The van der Waals surface area contributed by atoms with Gasteiger partial charge in [0.15, 0.2) is 0 Å². The van der Waals surface area contributed by atoms with Crippen molar-refractivity contribution in [1.29, 1.82) is 0 Å². The quantitative estimate of drug-likeness (QED) is 0.423. The van der Waals surface area contributed by atoms with Gasteiger partial charge < -0.3 is 9.94 Å². The van der Waals surface area contributed by atoms with Crippen molar-refractivity contribution in [2.75, 3.05) is 0 Å². The Morgan fingerprint density at radius 1 is 0.958 bits per heavy atom. The third-order valence-corrected chi connectivity index (χ3v) is 5.13. The molecule has 0 aliphatic carbocycles. The van der Waals surface area contributed by atoms with Gasteiger partial charge in [-0.1, -0.05) is 51.9 Å². The SMILES string of the molecule is CCCCCCCCCCC(=O)OC1CC(C)(C)N(O)C(C)(C)C1. The van der Waals surface area contributed by atoms with Gasteiger partial charge in [-0.25, -0.2) is 0 Å². The Bertz CT molecular complexity index is 361. The fourth-order valence-corrected chi connectivity index (χ4v) is 3.91. The number of piperidine rings is 1. The number of rotatable bonds is 10. The lowest BCUT2D eigenvalue weighted by Gasteiger charge is -2.50. The predicted octanol–water partition coefficient (Wildman–Crippen LogP) is 5.47. The van der Waals surface area contributed by atoms with Crippen LogP contribution in [0.25, 0.3) is 0 Å². The van der Waals surface area contributed by atoms with Crippen molar-refractivity contribution in [3.05, 3.63) is 0 Å². The maximum absolute atomic E-state index is 12.1. The van der Waals surface area contributed by atoms with Gasteiger partial charge in [0.2, 0.25) is 0 Å². The van der Waals surface area contributed by atoms with Gasteiger partial charge in [-0.3, -0.25) is 4.79 Å². The van der Waals surface area contributed by atoms with E-state index < -0.39 is 0 Å². The summed E-state index contributed by atoms with van der Waals surface area (Å²) in [6.45, 7) is 10.2. The Kier molecular flexibility index (Phi) is 8.72. The van der Waals surface area contributed by atoms with Crippen LogP contribution in [0.1, 0.15) is 105 Å². The molecular formula is C20H39NO3. The molecule has 1 aliphatic rings. The van der Waals surface area contributed by atoms with Crippen LogP contribution in [-0.4, -0.2) is 33.4 Å². The smallest absolute Gasteiger partial charge is 0.306 e.